The predicted molar refractivity (Wildman–Crippen MR) is 54.1 cm³/mol. The molecule has 0 spiro atoms. The number of carbonyl (C=O) groups is 2. The minimum absolute atomic E-state index is 0.0935. The molecule has 0 aromatic carbocycles. The van der Waals surface area contributed by atoms with E-state index in [0.29, 0.717) is 6.42 Å². The largest absolute Gasteiger partial charge is 0.491 e. The number of likely N-dealkylation sites (N-methyl/N-ethyl adjacent to an activating group) is 1. The third-order valence-corrected chi connectivity index (χ3v) is 2.01. The molecule has 0 fully saturated rings. The molecular weight excluding hydrogens is 239 g/mol. The highest BCUT2D eigenvalue weighted by atomic mass is 19.4. The average Bonchev–Trinajstić information content (AvgIpc) is 2.11. The Kier molecular flexibility index (Phi) is 5.60. The summed E-state index contributed by atoms with van der Waals surface area (Å²) in [6.45, 7) is 3.63. The lowest BCUT2D eigenvalue weighted by Gasteiger charge is -2.23. The Balaban J connectivity index is 4.60. The van der Waals surface area contributed by atoms with Crippen molar-refractivity contribution in [3.63, 3.8) is 0 Å². The van der Waals surface area contributed by atoms with E-state index in [1.165, 1.54) is 19.0 Å². The van der Waals surface area contributed by atoms with Crippen LogP contribution in [-0.4, -0.2) is 43.2 Å². The predicted octanol–water partition coefficient (Wildman–Crippen LogP) is 1.59. The van der Waals surface area contributed by atoms with Crippen molar-refractivity contribution in [3.05, 3.63) is 0 Å². The van der Waals surface area contributed by atoms with Gasteiger partial charge in [-0.2, -0.15) is 13.2 Å². The van der Waals surface area contributed by atoms with Crippen LogP contribution in [0.15, 0.2) is 0 Å². The number of nitrogens with zero attached hydrogens (tertiary/aromatic N) is 1. The van der Waals surface area contributed by atoms with Gasteiger partial charge in [0.05, 0.1) is 0 Å². The summed E-state index contributed by atoms with van der Waals surface area (Å²) in [5.74, 6) is -3.56. The second-order valence-corrected chi connectivity index (χ2v) is 4.32. The molecule has 0 aliphatic rings. The van der Waals surface area contributed by atoms with E-state index in [1.54, 1.807) is 0 Å². The van der Waals surface area contributed by atoms with E-state index in [0.717, 1.165) is 0 Å². The van der Waals surface area contributed by atoms with Gasteiger partial charge in [-0.15, -0.1) is 0 Å². The van der Waals surface area contributed by atoms with Crippen LogP contribution in [0.4, 0.5) is 13.2 Å². The first-order valence-corrected chi connectivity index (χ1v) is 5.05. The van der Waals surface area contributed by atoms with Crippen LogP contribution in [0.2, 0.25) is 0 Å². The molecule has 0 unspecified atom stereocenters. The van der Waals surface area contributed by atoms with Crippen LogP contribution in [0.1, 0.15) is 20.3 Å². The van der Waals surface area contributed by atoms with E-state index >= 15 is 0 Å². The van der Waals surface area contributed by atoms with Gasteiger partial charge in [-0.1, -0.05) is 13.8 Å². The number of rotatable bonds is 4. The summed E-state index contributed by atoms with van der Waals surface area (Å²) in [4.78, 5) is 23.3. The van der Waals surface area contributed by atoms with Crippen LogP contribution in [0.25, 0.3) is 0 Å². The van der Waals surface area contributed by atoms with Gasteiger partial charge in [-0.3, -0.25) is 4.90 Å². The first-order chi connectivity index (χ1) is 7.55. The lowest BCUT2D eigenvalue weighted by atomic mass is 10.0. The topological polar surface area (TPSA) is 46.6 Å². The van der Waals surface area contributed by atoms with E-state index in [2.05, 4.69) is 4.74 Å². The number of esters is 2. The fourth-order valence-electron chi connectivity index (χ4n) is 1.18. The minimum Gasteiger partial charge on any atom is -0.385 e. The Bertz CT molecular complexity index is 287. The third-order valence-electron chi connectivity index (χ3n) is 2.01. The molecule has 0 aromatic heterocycles. The van der Waals surface area contributed by atoms with Gasteiger partial charge in [0.15, 0.2) is 0 Å². The molecule has 0 saturated carbocycles. The molecular formula is C10H16F3NO3. The smallest absolute Gasteiger partial charge is 0.385 e. The van der Waals surface area contributed by atoms with Crippen LogP contribution in [0.5, 0.6) is 0 Å². The summed E-state index contributed by atoms with van der Waals surface area (Å²) in [6.07, 6.45) is -4.83. The maximum Gasteiger partial charge on any atom is 0.491 e. The van der Waals surface area contributed by atoms with Crippen LogP contribution in [-0.2, 0) is 14.3 Å². The summed E-state index contributed by atoms with van der Waals surface area (Å²) in [5, 5.41) is 0. The van der Waals surface area contributed by atoms with E-state index in [9.17, 15) is 22.8 Å². The maximum absolute atomic E-state index is 11.9. The molecule has 0 amide bonds. The Morgan fingerprint density at radius 2 is 1.71 bits per heavy atom. The molecule has 17 heavy (non-hydrogen) atoms. The Morgan fingerprint density at radius 1 is 1.24 bits per heavy atom. The molecule has 0 radical (unpaired) electrons. The fourth-order valence-corrected chi connectivity index (χ4v) is 1.18. The fraction of sp³-hybridized carbons (Fsp3) is 0.800. The van der Waals surface area contributed by atoms with E-state index in [-0.39, 0.29) is 5.92 Å². The second kappa shape index (κ2) is 6.00. The number of alkyl halides is 3. The Morgan fingerprint density at radius 3 is 2.00 bits per heavy atom. The van der Waals surface area contributed by atoms with Gasteiger partial charge in [0.25, 0.3) is 0 Å². The molecule has 7 heteroatoms. The number of carbonyl (C=O) groups excluding carboxylic acids is 2. The van der Waals surface area contributed by atoms with E-state index in [1.807, 2.05) is 13.8 Å². The van der Waals surface area contributed by atoms with Gasteiger partial charge in [0.2, 0.25) is 0 Å². The van der Waals surface area contributed by atoms with Crippen LogP contribution in [0.3, 0.4) is 0 Å². The van der Waals surface area contributed by atoms with Crippen LogP contribution < -0.4 is 0 Å². The summed E-state index contributed by atoms with van der Waals surface area (Å²) in [6, 6.07) is -0.860. The molecule has 0 saturated heterocycles. The van der Waals surface area contributed by atoms with Crippen molar-refractivity contribution < 1.29 is 27.5 Å². The minimum atomic E-state index is -5.15. The van der Waals surface area contributed by atoms with Crippen molar-refractivity contribution in [1.29, 1.82) is 0 Å². The van der Waals surface area contributed by atoms with Crippen molar-refractivity contribution in [2.75, 3.05) is 14.1 Å². The number of hydrogen-bond acceptors (Lipinski definition) is 4. The van der Waals surface area contributed by atoms with Gasteiger partial charge < -0.3 is 4.74 Å². The number of halogens is 3. The average molecular weight is 255 g/mol. The highest BCUT2D eigenvalue weighted by molar-refractivity contribution is 5.90. The lowest BCUT2D eigenvalue weighted by Crippen LogP contribution is -2.41. The molecule has 0 N–H and O–H groups in total. The Labute approximate surface area is 97.7 Å². The summed E-state index contributed by atoms with van der Waals surface area (Å²) < 4.78 is 39.5. The summed E-state index contributed by atoms with van der Waals surface area (Å²) >= 11 is 0. The highest BCUT2D eigenvalue weighted by Crippen LogP contribution is 2.18. The summed E-state index contributed by atoms with van der Waals surface area (Å²) in [5.41, 5.74) is 0. The Hall–Kier alpha value is -1.11. The molecule has 0 aliphatic heterocycles. The molecule has 0 aliphatic carbocycles. The monoisotopic (exact) mass is 255 g/mol. The zero-order chi connectivity index (χ0) is 13.8. The van der Waals surface area contributed by atoms with Crippen molar-refractivity contribution in [1.82, 2.24) is 4.90 Å². The standard InChI is InChI=1S/C10H16F3NO3/c1-6(2)5-7(14(3)4)8(15)17-9(16)10(11,12)13/h6-7H,5H2,1-4H3/t7-/m0/s1. The quantitative estimate of drug-likeness (QED) is 0.565. The maximum atomic E-state index is 11.9. The van der Waals surface area contributed by atoms with Crippen LogP contribution >= 0.6 is 0 Å². The second-order valence-electron chi connectivity index (χ2n) is 4.32. The van der Waals surface area contributed by atoms with Crippen molar-refractivity contribution >= 4 is 11.9 Å². The molecule has 100 valence electrons. The number of ether oxygens (including phenoxy) is 1. The third kappa shape index (κ3) is 5.67. The molecule has 0 heterocycles. The van der Waals surface area contributed by atoms with Gasteiger partial charge >= 0.3 is 18.1 Å². The zero-order valence-corrected chi connectivity index (χ0v) is 10.2. The van der Waals surface area contributed by atoms with E-state index < -0.39 is 24.2 Å². The molecule has 0 rings (SSSR count). The molecule has 4 nitrogen and oxygen atoms in total. The lowest BCUT2D eigenvalue weighted by molar-refractivity contribution is -0.203. The zero-order valence-electron chi connectivity index (χ0n) is 10.2. The van der Waals surface area contributed by atoms with Gasteiger partial charge in [0, 0.05) is 0 Å². The normalized spacial score (nSPS) is 13.9. The van der Waals surface area contributed by atoms with Crippen molar-refractivity contribution in [2.45, 2.75) is 32.5 Å². The van der Waals surface area contributed by atoms with Gasteiger partial charge in [-0.05, 0) is 26.4 Å². The molecule has 1 atom stereocenters. The first kappa shape index (κ1) is 15.9. The SMILES string of the molecule is CC(C)C[C@@H](C(=O)OC(=O)C(F)(F)F)N(C)C. The van der Waals surface area contributed by atoms with Crippen LogP contribution in [0, 0.1) is 5.92 Å². The van der Waals surface area contributed by atoms with Gasteiger partial charge in [-0.25, -0.2) is 9.59 Å². The van der Waals surface area contributed by atoms with Crippen molar-refractivity contribution in [2.24, 2.45) is 5.92 Å². The van der Waals surface area contributed by atoms with Crippen molar-refractivity contribution in [3.8, 4) is 0 Å². The number of hydrogen-bond donors (Lipinski definition) is 0. The van der Waals surface area contributed by atoms with E-state index in [4.69, 9.17) is 0 Å². The molecule has 0 bridgehead atoms. The van der Waals surface area contributed by atoms with Gasteiger partial charge in [0.1, 0.15) is 6.04 Å². The highest BCUT2D eigenvalue weighted by Gasteiger charge is 2.43. The molecule has 0 aromatic rings. The first-order valence-electron chi connectivity index (χ1n) is 5.05. The summed E-state index contributed by atoms with van der Waals surface area (Å²) in [7, 11) is 3.07.